The summed E-state index contributed by atoms with van der Waals surface area (Å²) in [7, 11) is 0. The van der Waals surface area contributed by atoms with Crippen molar-refractivity contribution in [2.75, 3.05) is 6.54 Å². The van der Waals surface area contributed by atoms with Crippen LogP contribution >= 0.6 is 11.6 Å². The Labute approximate surface area is 134 Å². The molecule has 0 saturated heterocycles. The summed E-state index contributed by atoms with van der Waals surface area (Å²) in [5.41, 5.74) is 0.576. The van der Waals surface area contributed by atoms with Gasteiger partial charge in [0.25, 0.3) is 5.91 Å². The summed E-state index contributed by atoms with van der Waals surface area (Å²) in [5, 5.41) is 12.0. The van der Waals surface area contributed by atoms with E-state index in [0.717, 1.165) is 24.6 Å². The normalized spacial score (nSPS) is 14.2. The van der Waals surface area contributed by atoms with E-state index in [1.165, 1.54) is 19.3 Å². The SMILES string of the molecule is O=C(NCCc1nnc2n1CCCCC2)c1cccc(Cl)c1. The van der Waals surface area contributed by atoms with E-state index in [4.69, 9.17) is 11.6 Å². The van der Waals surface area contributed by atoms with Gasteiger partial charge < -0.3 is 9.88 Å². The number of aryl methyl sites for hydroxylation is 1. The van der Waals surface area contributed by atoms with E-state index < -0.39 is 0 Å². The van der Waals surface area contributed by atoms with E-state index in [-0.39, 0.29) is 5.91 Å². The zero-order valence-corrected chi connectivity index (χ0v) is 13.1. The van der Waals surface area contributed by atoms with E-state index in [9.17, 15) is 4.79 Å². The Morgan fingerprint density at radius 1 is 1.27 bits per heavy atom. The first kappa shape index (κ1) is 15.0. The minimum atomic E-state index is -0.113. The largest absolute Gasteiger partial charge is 0.352 e. The number of benzene rings is 1. The molecule has 1 aliphatic heterocycles. The molecule has 0 fully saturated rings. The summed E-state index contributed by atoms with van der Waals surface area (Å²) in [5.74, 6) is 1.93. The molecule has 1 N–H and O–H groups in total. The van der Waals surface area contributed by atoms with Crippen LogP contribution in [0.15, 0.2) is 24.3 Å². The standard InChI is InChI=1S/C16H19ClN4O/c17-13-6-4-5-12(11-13)16(22)18-9-8-15-20-19-14-7-2-1-3-10-21(14)15/h4-6,11H,1-3,7-10H2,(H,18,22). The quantitative estimate of drug-likeness (QED) is 0.942. The molecule has 0 unspecified atom stereocenters. The summed E-state index contributed by atoms with van der Waals surface area (Å²) < 4.78 is 2.21. The molecule has 6 heteroatoms. The summed E-state index contributed by atoms with van der Waals surface area (Å²) in [4.78, 5) is 12.1. The van der Waals surface area contributed by atoms with Crippen LogP contribution in [0.25, 0.3) is 0 Å². The predicted molar refractivity (Wildman–Crippen MR) is 85.1 cm³/mol. The van der Waals surface area contributed by atoms with Crippen molar-refractivity contribution in [3.05, 3.63) is 46.5 Å². The van der Waals surface area contributed by atoms with Gasteiger partial charge in [0.2, 0.25) is 0 Å². The van der Waals surface area contributed by atoms with Crippen molar-refractivity contribution in [1.29, 1.82) is 0 Å². The van der Waals surface area contributed by atoms with Crippen LogP contribution in [0.5, 0.6) is 0 Å². The Morgan fingerprint density at radius 2 is 2.18 bits per heavy atom. The molecule has 0 saturated carbocycles. The van der Waals surface area contributed by atoms with Crippen LogP contribution in [0.1, 0.15) is 41.3 Å². The second-order valence-corrected chi connectivity index (χ2v) is 5.95. The molecule has 0 radical (unpaired) electrons. The van der Waals surface area contributed by atoms with Crippen molar-refractivity contribution in [3.8, 4) is 0 Å². The van der Waals surface area contributed by atoms with E-state index in [1.54, 1.807) is 24.3 Å². The molecule has 0 spiro atoms. The van der Waals surface area contributed by atoms with E-state index in [0.29, 0.717) is 23.6 Å². The highest BCUT2D eigenvalue weighted by molar-refractivity contribution is 6.30. The number of amides is 1. The van der Waals surface area contributed by atoms with Crippen molar-refractivity contribution >= 4 is 17.5 Å². The highest BCUT2D eigenvalue weighted by Gasteiger charge is 2.14. The highest BCUT2D eigenvalue weighted by atomic mass is 35.5. The van der Waals surface area contributed by atoms with Crippen LogP contribution in [-0.2, 0) is 19.4 Å². The molecule has 22 heavy (non-hydrogen) atoms. The minimum Gasteiger partial charge on any atom is -0.352 e. The topological polar surface area (TPSA) is 59.8 Å². The molecule has 1 amide bonds. The van der Waals surface area contributed by atoms with Crippen LogP contribution in [0.4, 0.5) is 0 Å². The smallest absolute Gasteiger partial charge is 0.251 e. The molecule has 5 nitrogen and oxygen atoms in total. The van der Waals surface area contributed by atoms with E-state index in [2.05, 4.69) is 20.1 Å². The van der Waals surface area contributed by atoms with Crippen LogP contribution in [0.3, 0.4) is 0 Å². The lowest BCUT2D eigenvalue weighted by Crippen LogP contribution is -2.26. The van der Waals surface area contributed by atoms with Crippen LogP contribution in [0, 0.1) is 0 Å². The number of fused-ring (bicyclic) bond motifs is 1. The average molecular weight is 319 g/mol. The second-order valence-electron chi connectivity index (χ2n) is 5.51. The Balaban J connectivity index is 1.57. The number of aromatic nitrogens is 3. The number of hydrogen-bond donors (Lipinski definition) is 1. The first-order valence-electron chi connectivity index (χ1n) is 7.69. The molecule has 0 bridgehead atoms. The first-order chi connectivity index (χ1) is 10.7. The third-order valence-corrected chi connectivity index (χ3v) is 4.14. The van der Waals surface area contributed by atoms with Gasteiger partial charge >= 0.3 is 0 Å². The van der Waals surface area contributed by atoms with Gasteiger partial charge in [0, 0.05) is 36.5 Å². The molecule has 2 heterocycles. The lowest BCUT2D eigenvalue weighted by Gasteiger charge is -2.08. The van der Waals surface area contributed by atoms with Crippen molar-refractivity contribution in [2.45, 2.75) is 38.6 Å². The molecule has 116 valence electrons. The molecule has 0 aliphatic carbocycles. The number of halogens is 1. The lowest BCUT2D eigenvalue weighted by atomic mass is 10.2. The van der Waals surface area contributed by atoms with Gasteiger partial charge in [0.05, 0.1) is 0 Å². The molecular weight excluding hydrogens is 300 g/mol. The first-order valence-corrected chi connectivity index (χ1v) is 8.06. The van der Waals surface area contributed by atoms with Gasteiger partial charge in [-0.1, -0.05) is 24.1 Å². The number of hydrogen-bond acceptors (Lipinski definition) is 3. The Bertz CT molecular complexity index is 668. The van der Waals surface area contributed by atoms with Crippen molar-refractivity contribution in [2.24, 2.45) is 0 Å². The maximum atomic E-state index is 12.1. The third-order valence-electron chi connectivity index (χ3n) is 3.91. The van der Waals surface area contributed by atoms with Gasteiger partial charge in [-0.2, -0.15) is 0 Å². The molecule has 1 aromatic carbocycles. The summed E-state index contributed by atoms with van der Waals surface area (Å²) in [6, 6.07) is 6.95. The zero-order chi connectivity index (χ0) is 15.4. The van der Waals surface area contributed by atoms with Gasteiger partial charge in [0.1, 0.15) is 11.6 Å². The molecular formula is C16H19ClN4O. The van der Waals surface area contributed by atoms with Gasteiger partial charge in [-0.05, 0) is 31.0 Å². The summed E-state index contributed by atoms with van der Waals surface area (Å²) in [6.45, 7) is 1.53. The van der Waals surface area contributed by atoms with Crippen molar-refractivity contribution < 1.29 is 4.79 Å². The number of carbonyl (C=O) groups is 1. The minimum absolute atomic E-state index is 0.113. The van der Waals surface area contributed by atoms with Crippen molar-refractivity contribution in [1.82, 2.24) is 20.1 Å². The second kappa shape index (κ2) is 6.92. The van der Waals surface area contributed by atoms with Crippen molar-refractivity contribution in [3.63, 3.8) is 0 Å². The molecule has 1 aromatic heterocycles. The average Bonchev–Trinajstić information content (AvgIpc) is 2.75. The number of carbonyl (C=O) groups excluding carboxylic acids is 1. The molecule has 2 aromatic rings. The van der Waals surface area contributed by atoms with Crippen LogP contribution in [0.2, 0.25) is 5.02 Å². The van der Waals surface area contributed by atoms with E-state index in [1.807, 2.05) is 0 Å². The van der Waals surface area contributed by atoms with Gasteiger partial charge in [0.15, 0.2) is 0 Å². The zero-order valence-electron chi connectivity index (χ0n) is 12.4. The number of nitrogens with zero attached hydrogens (tertiary/aromatic N) is 3. The predicted octanol–water partition coefficient (Wildman–Crippen LogP) is 2.63. The number of rotatable bonds is 4. The Morgan fingerprint density at radius 3 is 3.05 bits per heavy atom. The number of nitrogens with one attached hydrogen (secondary N) is 1. The lowest BCUT2D eigenvalue weighted by molar-refractivity contribution is 0.0954. The third kappa shape index (κ3) is 3.47. The Kier molecular flexibility index (Phi) is 4.73. The maximum Gasteiger partial charge on any atom is 0.251 e. The van der Waals surface area contributed by atoms with Gasteiger partial charge in [-0.3, -0.25) is 4.79 Å². The maximum absolute atomic E-state index is 12.1. The van der Waals surface area contributed by atoms with Gasteiger partial charge in [-0.25, -0.2) is 0 Å². The van der Waals surface area contributed by atoms with Crippen LogP contribution < -0.4 is 5.32 Å². The van der Waals surface area contributed by atoms with Crippen LogP contribution in [-0.4, -0.2) is 27.2 Å². The molecule has 0 atom stereocenters. The van der Waals surface area contributed by atoms with E-state index >= 15 is 0 Å². The fourth-order valence-electron chi connectivity index (χ4n) is 2.75. The molecule has 1 aliphatic rings. The van der Waals surface area contributed by atoms with Gasteiger partial charge in [-0.15, -0.1) is 10.2 Å². The summed E-state index contributed by atoms with van der Waals surface area (Å²) >= 11 is 5.90. The highest BCUT2D eigenvalue weighted by Crippen LogP contribution is 2.14. The monoisotopic (exact) mass is 318 g/mol. The fourth-order valence-corrected chi connectivity index (χ4v) is 2.94. The fraction of sp³-hybridized carbons (Fsp3) is 0.438. The summed E-state index contributed by atoms with van der Waals surface area (Å²) in [6.07, 6.45) is 5.30. The molecule has 3 rings (SSSR count). The Hall–Kier alpha value is -1.88.